The predicted molar refractivity (Wildman–Crippen MR) is 231 cm³/mol. The maximum atomic E-state index is 7.06. The lowest BCUT2D eigenvalue weighted by Crippen LogP contribution is -2.33. The molecule has 1 aliphatic carbocycles. The van der Waals surface area contributed by atoms with E-state index in [-0.39, 0.29) is 6.04 Å². The normalized spacial score (nSPS) is 15.8. The van der Waals surface area contributed by atoms with Gasteiger partial charge >= 0.3 is 0 Å². The second-order valence-electron chi connectivity index (χ2n) is 15.1. The molecule has 9 aromatic rings. The van der Waals surface area contributed by atoms with Crippen LogP contribution in [0.15, 0.2) is 205 Å². The highest BCUT2D eigenvalue weighted by Gasteiger charge is 2.51. The Bertz CT molecular complexity index is 3040. The number of rotatable bonds is 4. The maximum Gasteiger partial charge on any atom is 0.141 e. The number of aliphatic imine (C=N–C) groups is 1. The minimum absolute atomic E-state index is 0.239. The summed E-state index contributed by atoms with van der Waals surface area (Å²) >= 11 is 0. The molecule has 3 heterocycles. The third-order valence-electron chi connectivity index (χ3n) is 12.1. The van der Waals surface area contributed by atoms with Crippen molar-refractivity contribution in [2.45, 2.75) is 11.5 Å². The monoisotopic (exact) mass is 729 g/mol. The fraction of sp³-hybridized carbons (Fsp3) is 0.0377. The Hall–Kier alpha value is -7.43. The second kappa shape index (κ2) is 12.3. The van der Waals surface area contributed by atoms with E-state index in [2.05, 4.69) is 204 Å². The zero-order chi connectivity index (χ0) is 37.5. The van der Waals surface area contributed by atoms with Gasteiger partial charge in [0, 0.05) is 44.4 Å². The first-order chi connectivity index (χ1) is 28.3. The van der Waals surface area contributed by atoms with E-state index in [1.807, 2.05) is 6.07 Å². The molecule has 1 spiro atoms. The van der Waals surface area contributed by atoms with Gasteiger partial charge in [0.15, 0.2) is 0 Å². The van der Waals surface area contributed by atoms with Crippen molar-refractivity contribution in [3.05, 3.63) is 239 Å². The van der Waals surface area contributed by atoms with Gasteiger partial charge in [0.05, 0.1) is 22.5 Å². The summed E-state index contributed by atoms with van der Waals surface area (Å²) in [7, 11) is 0. The molecule has 0 radical (unpaired) electrons. The number of hydrogen-bond acceptors (Lipinski definition) is 3. The summed E-state index contributed by atoms with van der Waals surface area (Å²) < 4.78 is 9.42. The van der Waals surface area contributed by atoms with Crippen LogP contribution in [0.4, 0.5) is 0 Å². The first kappa shape index (κ1) is 31.9. The number of para-hydroxylation sites is 4. The molecular weight excluding hydrogens is 695 g/mol. The van der Waals surface area contributed by atoms with Crippen LogP contribution >= 0.6 is 0 Å². The molecule has 1 N–H and O–H groups in total. The maximum absolute atomic E-state index is 7.06. The Kier molecular flexibility index (Phi) is 6.87. The topological polar surface area (TPSA) is 38.5 Å². The molecule has 8 aromatic carbocycles. The van der Waals surface area contributed by atoms with E-state index < -0.39 is 5.41 Å². The molecule has 0 fully saturated rings. The Balaban J connectivity index is 1.03. The van der Waals surface area contributed by atoms with Crippen molar-refractivity contribution in [2.24, 2.45) is 4.99 Å². The first-order valence-electron chi connectivity index (χ1n) is 19.6. The van der Waals surface area contributed by atoms with Crippen LogP contribution in [0, 0.1) is 0 Å². The second-order valence-corrected chi connectivity index (χ2v) is 15.1. The summed E-state index contributed by atoms with van der Waals surface area (Å²) in [5, 5.41) is 6.28. The highest BCUT2D eigenvalue weighted by molar-refractivity contribution is 6.09. The Labute approximate surface area is 330 Å². The van der Waals surface area contributed by atoms with Crippen LogP contribution in [0.5, 0.6) is 11.5 Å². The molecule has 57 heavy (non-hydrogen) atoms. The van der Waals surface area contributed by atoms with Gasteiger partial charge in [-0.25, -0.2) is 0 Å². The number of nitrogens with zero attached hydrogens (tertiary/aromatic N) is 2. The number of benzene rings is 8. The number of hydrogen-bond donors (Lipinski definition) is 1. The first-order valence-corrected chi connectivity index (χ1v) is 19.6. The van der Waals surface area contributed by atoms with Gasteiger partial charge < -0.3 is 14.6 Å². The van der Waals surface area contributed by atoms with Crippen molar-refractivity contribution in [3.63, 3.8) is 0 Å². The molecular formula is C53H35N3O. The van der Waals surface area contributed by atoms with Crippen LogP contribution in [0.25, 0.3) is 44.3 Å². The van der Waals surface area contributed by atoms with Crippen molar-refractivity contribution in [2.75, 3.05) is 0 Å². The van der Waals surface area contributed by atoms with Gasteiger partial charge in [-0.3, -0.25) is 4.99 Å². The van der Waals surface area contributed by atoms with Gasteiger partial charge in [-0.05, 0) is 70.3 Å². The van der Waals surface area contributed by atoms with E-state index in [9.17, 15) is 0 Å². The van der Waals surface area contributed by atoms with Crippen molar-refractivity contribution in [1.82, 2.24) is 9.88 Å². The third kappa shape index (κ3) is 4.59. The van der Waals surface area contributed by atoms with E-state index in [4.69, 9.17) is 9.73 Å². The van der Waals surface area contributed by atoms with Gasteiger partial charge in [-0.1, -0.05) is 158 Å². The van der Waals surface area contributed by atoms with Crippen LogP contribution in [0.2, 0.25) is 0 Å². The van der Waals surface area contributed by atoms with Crippen LogP contribution in [0.3, 0.4) is 0 Å². The molecule has 0 saturated carbocycles. The smallest absolute Gasteiger partial charge is 0.141 e. The van der Waals surface area contributed by atoms with Crippen molar-refractivity contribution >= 4 is 33.3 Å². The van der Waals surface area contributed by atoms with Crippen LogP contribution in [-0.4, -0.2) is 10.4 Å². The van der Waals surface area contributed by atoms with Gasteiger partial charge in [0.2, 0.25) is 0 Å². The molecule has 4 heteroatoms. The molecule has 3 aliphatic rings. The molecule has 12 rings (SSSR count). The standard InChI is InChI=1S/C53H35N3O/c1-2-15-35(16-3-1)52-54-46(34-29-31-36(32-30-34)56-48-26-11-6-19-39(48)40-20-7-12-27-49(40)56)33-47(55-52)41-21-14-25-45-51(41)57-50-28-13-10-24-44(50)53(45)42-22-8-4-17-37(42)38-18-5-9-23-43(38)53/h1-33,46H,(H,54,55). The lowest BCUT2D eigenvalue weighted by molar-refractivity contribution is 0.434. The number of amidine groups is 1. The minimum atomic E-state index is -0.541. The third-order valence-corrected chi connectivity index (χ3v) is 12.1. The summed E-state index contributed by atoms with van der Waals surface area (Å²) in [6.07, 6.45) is 2.25. The van der Waals surface area contributed by atoms with Crippen molar-refractivity contribution in [1.29, 1.82) is 0 Å². The van der Waals surface area contributed by atoms with Crippen molar-refractivity contribution in [3.8, 4) is 28.3 Å². The predicted octanol–water partition coefficient (Wildman–Crippen LogP) is 12.4. The average molecular weight is 730 g/mol. The Morgan fingerprint density at radius 1 is 0.491 bits per heavy atom. The molecule has 4 nitrogen and oxygen atoms in total. The lowest BCUT2D eigenvalue weighted by Gasteiger charge is -2.40. The summed E-state index contributed by atoms with van der Waals surface area (Å²) in [5.41, 5.74) is 14.4. The summed E-state index contributed by atoms with van der Waals surface area (Å²) in [4.78, 5) is 5.35. The molecule has 1 atom stereocenters. The SMILES string of the molecule is C1=C(c2cccc3c2Oc2ccccc2C32c3ccccc3-c3ccccc32)NC(c2ccccc2)=NC1c1ccc(-n2c3ccccc3c3ccccc32)cc1. The van der Waals surface area contributed by atoms with E-state index in [0.29, 0.717) is 0 Å². The zero-order valence-electron chi connectivity index (χ0n) is 30.9. The number of aromatic nitrogens is 1. The molecule has 268 valence electrons. The number of ether oxygens (including phenoxy) is 1. The zero-order valence-corrected chi connectivity index (χ0v) is 30.9. The Morgan fingerprint density at radius 2 is 1.05 bits per heavy atom. The lowest BCUT2D eigenvalue weighted by atomic mass is 9.65. The van der Waals surface area contributed by atoms with Crippen LogP contribution in [-0.2, 0) is 5.41 Å². The largest absolute Gasteiger partial charge is 0.456 e. The van der Waals surface area contributed by atoms with Gasteiger partial charge in [0.25, 0.3) is 0 Å². The van der Waals surface area contributed by atoms with E-state index in [1.54, 1.807) is 0 Å². The van der Waals surface area contributed by atoms with E-state index in [0.717, 1.165) is 56.5 Å². The summed E-state index contributed by atoms with van der Waals surface area (Å²) in [5.74, 6) is 2.55. The van der Waals surface area contributed by atoms with Crippen molar-refractivity contribution < 1.29 is 4.74 Å². The summed E-state index contributed by atoms with van der Waals surface area (Å²) in [6, 6.07) is 69.3. The molecule has 0 bridgehead atoms. The van der Waals surface area contributed by atoms with Gasteiger partial charge in [0.1, 0.15) is 17.3 Å². The fourth-order valence-corrected chi connectivity index (χ4v) is 9.72. The quantitative estimate of drug-likeness (QED) is 0.196. The molecule has 2 aliphatic heterocycles. The molecule has 1 aromatic heterocycles. The summed E-state index contributed by atoms with van der Waals surface area (Å²) in [6.45, 7) is 0. The molecule has 0 saturated heterocycles. The van der Waals surface area contributed by atoms with Gasteiger partial charge in [-0.15, -0.1) is 0 Å². The molecule has 1 unspecified atom stereocenters. The highest BCUT2D eigenvalue weighted by Crippen LogP contribution is 2.62. The van der Waals surface area contributed by atoms with E-state index in [1.165, 1.54) is 44.1 Å². The van der Waals surface area contributed by atoms with Crippen LogP contribution in [0.1, 0.15) is 45.0 Å². The van der Waals surface area contributed by atoms with Crippen LogP contribution < -0.4 is 10.1 Å². The number of nitrogens with one attached hydrogen (secondary N) is 1. The fourth-order valence-electron chi connectivity index (χ4n) is 9.72. The Morgan fingerprint density at radius 3 is 1.75 bits per heavy atom. The average Bonchev–Trinajstić information content (AvgIpc) is 3.78. The van der Waals surface area contributed by atoms with Gasteiger partial charge in [-0.2, -0.15) is 0 Å². The highest BCUT2D eigenvalue weighted by atomic mass is 16.5. The minimum Gasteiger partial charge on any atom is -0.456 e. The molecule has 0 amide bonds. The number of fused-ring (bicyclic) bond motifs is 12. The van der Waals surface area contributed by atoms with E-state index >= 15 is 0 Å².